The Morgan fingerprint density at radius 3 is 2.78 bits per heavy atom. The highest BCUT2D eigenvalue weighted by atomic mass is 79.9. The maximum atomic E-state index is 13.2. The second-order valence-electron chi connectivity index (χ2n) is 4.68. The van der Waals surface area contributed by atoms with Gasteiger partial charge in [-0.1, -0.05) is 30.3 Å². The third kappa shape index (κ3) is 3.65. The first kappa shape index (κ1) is 15.4. The molecule has 1 aromatic heterocycles. The van der Waals surface area contributed by atoms with Crippen LogP contribution in [-0.4, -0.2) is 11.0 Å². The van der Waals surface area contributed by atoms with Gasteiger partial charge in [0.15, 0.2) is 12.4 Å². The lowest BCUT2D eigenvalue weighted by atomic mass is 10.2. The summed E-state index contributed by atoms with van der Waals surface area (Å²) in [5.41, 5.74) is 0.991. The Hall–Kier alpha value is -2.47. The van der Waals surface area contributed by atoms with Crippen molar-refractivity contribution in [2.75, 3.05) is 0 Å². The van der Waals surface area contributed by atoms with Crippen molar-refractivity contribution >= 4 is 21.9 Å². The van der Waals surface area contributed by atoms with Crippen molar-refractivity contribution in [1.29, 1.82) is 0 Å². The molecule has 3 rings (SSSR count). The number of oxazole rings is 1. The molecule has 2 aromatic carbocycles. The first-order valence-corrected chi connectivity index (χ1v) is 7.55. The zero-order valence-corrected chi connectivity index (χ0v) is 13.4. The van der Waals surface area contributed by atoms with Gasteiger partial charge in [-0.05, 0) is 34.1 Å². The summed E-state index contributed by atoms with van der Waals surface area (Å²) in [4.78, 5) is 16.0. The Bertz CT molecular complexity index is 833. The fourth-order valence-corrected chi connectivity index (χ4v) is 2.38. The standard InChI is InChI=1S/C17H11BrFNO3/c18-14-7-6-12(19)8-13(14)17(21)22-10-16-20-9-15(23-16)11-4-2-1-3-5-11/h1-9H,10H2. The summed E-state index contributed by atoms with van der Waals surface area (Å²) in [5.74, 6) is -0.313. The van der Waals surface area contributed by atoms with Crippen LogP contribution >= 0.6 is 15.9 Å². The number of carbonyl (C=O) groups excluding carboxylic acids is 1. The number of nitrogens with zero attached hydrogens (tertiary/aromatic N) is 1. The minimum atomic E-state index is -0.657. The number of hydrogen-bond donors (Lipinski definition) is 0. The van der Waals surface area contributed by atoms with Gasteiger partial charge in [-0.2, -0.15) is 0 Å². The quantitative estimate of drug-likeness (QED) is 0.625. The molecule has 0 N–H and O–H groups in total. The number of benzene rings is 2. The van der Waals surface area contributed by atoms with E-state index in [9.17, 15) is 9.18 Å². The lowest BCUT2D eigenvalue weighted by molar-refractivity contribution is 0.0437. The second kappa shape index (κ2) is 6.75. The van der Waals surface area contributed by atoms with Crippen molar-refractivity contribution in [3.05, 3.63) is 76.5 Å². The van der Waals surface area contributed by atoms with Crippen molar-refractivity contribution in [3.8, 4) is 11.3 Å². The van der Waals surface area contributed by atoms with Crippen LogP contribution in [-0.2, 0) is 11.3 Å². The number of carbonyl (C=O) groups is 1. The highest BCUT2D eigenvalue weighted by molar-refractivity contribution is 9.10. The average molecular weight is 376 g/mol. The van der Waals surface area contributed by atoms with Gasteiger partial charge in [-0.15, -0.1) is 0 Å². The maximum Gasteiger partial charge on any atom is 0.339 e. The van der Waals surface area contributed by atoms with E-state index >= 15 is 0 Å². The molecular formula is C17H11BrFNO3. The largest absolute Gasteiger partial charge is 0.452 e. The van der Waals surface area contributed by atoms with Crippen molar-refractivity contribution in [2.24, 2.45) is 0 Å². The van der Waals surface area contributed by atoms with Crippen LogP contribution in [0.1, 0.15) is 16.2 Å². The smallest absolute Gasteiger partial charge is 0.339 e. The molecule has 0 saturated carbocycles. The Morgan fingerprint density at radius 2 is 2.00 bits per heavy atom. The van der Waals surface area contributed by atoms with Crippen LogP contribution in [0.15, 0.2) is 63.6 Å². The first-order chi connectivity index (χ1) is 11.1. The number of esters is 1. The van der Waals surface area contributed by atoms with E-state index in [0.29, 0.717) is 10.2 Å². The Morgan fingerprint density at radius 1 is 1.22 bits per heavy atom. The Kier molecular flexibility index (Phi) is 4.52. The molecular weight excluding hydrogens is 365 g/mol. The van der Waals surface area contributed by atoms with Crippen LogP contribution in [0.25, 0.3) is 11.3 Å². The van der Waals surface area contributed by atoms with Gasteiger partial charge in [-0.3, -0.25) is 0 Å². The van der Waals surface area contributed by atoms with Crippen LogP contribution in [0.2, 0.25) is 0 Å². The molecule has 4 nitrogen and oxygen atoms in total. The van der Waals surface area contributed by atoms with Crippen LogP contribution in [0, 0.1) is 5.82 Å². The SMILES string of the molecule is O=C(OCc1ncc(-c2ccccc2)o1)c1cc(F)ccc1Br. The Balaban J connectivity index is 1.68. The van der Waals surface area contributed by atoms with Gasteiger partial charge in [0, 0.05) is 10.0 Å². The van der Waals surface area contributed by atoms with E-state index in [1.54, 1.807) is 6.20 Å². The molecule has 3 aromatic rings. The van der Waals surface area contributed by atoms with Crippen LogP contribution in [0.3, 0.4) is 0 Å². The predicted octanol–water partition coefficient (Wildman–Crippen LogP) is 4.60. The fourth-order valence-electron chi connectivity index (χ4n) is 1.97. The molecule has 0 atom stereocenters. The molecule has 0 radical (unpaired) electrons. The topological polar surface area (TPSA) is 52.3 Å². The summed E-state index contributed by atoms with van der Waals surface area (Å²) in [6.07, 6.45) is 1.57. The number of aromatic nitrogens is 1. The van der Waals surface area contributed by atoms with Crippen LogP contribution in [0.5, 0.6) is 0 Å². The molecule has 0 spiro atoms. The minimum Gasteiger partial charge on any atom is -0.452 e. The number of hydrogen-bond acceptors (Lipinski definition) is 4. The zero-order chi connectivity index (χ0) is 16.2. The monoisotopic (exact) mass is 375 g/mol. The van der Waals surface area contributed by atoms with Gasteiger partial charge in [0.25, 0.3) is 0 Å². The van der Waals surface area contributed by atoms with E-state index in [0.717, 1.165) is 11.6 Å². The molecule has 0 fully saturated rings. The molecule has 0 bridgehead atoms. The zero-order valence-electron chi connectivity index (χ0n) is 11.8. The third-order valence-electron chi connectivity index (χ3n) is 3.09. The van der Waals surface area contributed by atoms with E-state index in [2.05, 4.69) is 20.9 Å². The number of ether oxygens (including phenoxy) is 1. The second-order valence-corrected chi connectivity index (χ2v) is 5.54. The lowest BCUT2D eigenvalue weighted by Crippen LogP contribution is -2.06. The molecule has 0 aliphatic carbocycles. The fraction of sp³-hybridized carbons (Fsp3) is 0.0588. The molecule has 0 unspecified atom stereocenters. The van der Waals surface area contributed by atoms with E-state index in [-0.39, 0.29) is 18.1 Å². The van der Waals surface area contributed by atoms with Gasteiger partial charge in [-0.25, -0.2) is 14.2 Å². The summed E-state index contributed by atoms with van der Waals surface area (Å²) in [7, 11) is 0. The van der Waals surface area contributed by atoms with Crippen molar-refractivity contribution < 1.29 is 18.3 Å². The van der Waals surface area contributed by atoms with E-state index in [1.165, 1.54) is 12.1 Å². The van der Waals surface area contributed by atoms with Gasteiger partial charge in [0.2, 0.25) is 5.89 Å². The highest BCUT2D eigenvalue weighted by Crippen LogP contribution is 2.21. The molecule has 0 aliphatic rings. The van der Waals surface area contributed by atoms with Gasteiger partial charge < -0.3 is 9.15 Å². The summed E-state index contributed by atoms with van der Waals surface area (Å²) >= 11 is 3.19. The molecule has 116 valence electrons. The maximum absolute atomic E-state index is 13.2. The normalized spacial score (nSPS) is 10.5. The van der Waals surface area contributed by atoms with Gasteiger partial charge >= 0.3 is 5.97 Å². The summed E-state index contributed by atoms with van der Waals surface area (Å²) in [5, 5.41) is 0. The highest BCUT2D eigenvalue weighted by Gasteiger charge is 2.14. The lowest BCUT2D eigenvalue weighted by Gasteiger charge is -2.04. The van der Waals surface area contributed by atoms with Crippen molar-refractivity contribution in [1.82, 2.24) is 4.98 Å². The Labute approximate surface area is 140 Å². The molecule has 6 heteroatoms. The third-order valence-corrected chi connectivity index (χ3v) is 3.78. The van der Waals surface area contributed by atoms with Crippen LogP contribution < -0.4 is 0 Å². The average Bonchev–Trinajstić information content (AvgIpc) is 3.05. The predicted molar refractivity (Wildman–Crippen MR) is 85.2 cm³/mol. The molecule has 1 heterocycles. The summed E-state index contributed by atoms with van der Waals surface area (Å²) in [6, 6.07) is 13.3. The summed E-state index contributed by atoms with van der Waals surface area (Å²) in [6.45, 7) is -0.130. The van der Waals surface area contributed by atoms with Gasteiger partial charge in [0.1, 0.15) is 5.82 Å². The van der Waals surface area contributed by atoms with Crippen molar-refractivity contribution in [2.45, 2.75) is 6.61 Å². The molecule has 0 saturated heterocycles. The van der Waals surface area contributed by atoms with E-state index < -0.39 is 11.8 Å². The molecule has 0 aliphatic heterocycles. The van der Waals surface area contributed by atoms with E-state index in [1.807, 2.05) is 30.3 Å². The number of rotatable bonds is 4. The van der Waals surface area contributed by atoms with Gasteiger partial charge in [0.05, 0.1) is 11.8 Å². The number of halogens is 2. The van der Waals surface area contributed by atoms with Crippen LogP contribution in [0.4, 0.5) is 4.39 Å². The van der Waals surface area contributed by atoms with Crippen molar-refractivity contribution in [3.63, 3.8) is 0 Å². The first-order valence-electron chi connectivity index (χ1n) is 6.76. The summed E-state index contributed by atoms with van der Waals surface area (Å²) < 4.78 is 24.3. The molecule has 0 amide bonds. The van der Waals surface area contributed by atoms with E-state index in [4.69, 9.17) is 9.15 Å². The minimum absolute atomic E-state index is 0.111. The molecule has 23 heavy (non-hydrogen) atoms.